The summed E-state index contributed by atoms with van der Waals surface area (Å²) in [7, 11) is 0. The number of anilines is 1. The first kappa shape index (κ1) is 14.5. The molecule has 3 aromatic rings. The van der Waals surface area contributed by atoms with Crippen LogP contribution in [0.15, 0.2) is 66.3 Å². The SMILES string of the molecule is O=C(Cc1cccs1)Nc1ccc(Cc2ccncc2)cc1. The van der Waals surface area contributed by atoms with Crippen molar-refractivity contribution in [2.45, 2.75) is 12.8 Å². The molecule has 0 atom stereocenters. The summed E-state index contributed by atoms with van der Waals surface area (Å²) < 4.78 is 0. The lowest BCUT2D eigenvalue weighted by molar-refractivity contribution is -0.115. The van der Waals surface area contributed by atoms with Gasteiger partial charge in [-0.05, 0) is 53.3 Å². The molecule has 0 radical (unpaired) electrons. The second-order valence-electron chi connectivity index (χ2n) is 5.03. The van der Waals surface area contributed by atoms with Crippen LogP contribution in [0, 0.1) is 0 Å². The topological polar surface area (TPSA) is 42.0 Å². The standard InChI is InChI=1S/C18H16N2OS/c21-18(13-17-2-1-11-22-17)20-16-5-3-14(4-6-16)12-15-7-9-19-10-8-15/h1-11H,12-13H2,(H,20,21). The lowest BCUT2D eigenvalue weighted by atomic mass is 10.1. The largest absolute Gasteiger partial charge is 0.326 e. The predicted molar refractivity (Wildman–Crippen MR) is 90.1 cm³/mol. The number of carbonyl (C=O) groups is 1. The fourth-order valence-electron chi connectivity index (χ4n) is 2.22. The van der Waals surface area contributed by atoms with Crippen molar-refractivity contribution in [3.05, 3.63) is 82.3 Å². The fraction of sp³-hybridized carbons (Fsp3) is 0.111. The quantitative estimate of drug-likeness (QED) is 0.776. The fourth-order valence-corrected chi connectivity index (χ4v) is 2.92. The summed E-state index contributed by atoms with van der Waals surface area (Å²) in [5.74, 6) is 0.0179. The molecular formula is C18H16N2OS. The second kappa shape index (κ2) is 7.00. The molecule has 4 heteroatoms. The first-order valence-corrected chi connectivity index (χ1v) is 7.97. The van der Waals surface area contributed by atoms with E-state index in [1.54, 1.807) is 23.7 Å². The van der Waals surface area contributed by atoms with Crippen LogP contribution in [0.3, 0.4) is 0 Å². The summed E-state index contributed by atoms with van der Waals surface area (Å²) in [6, 6.07) is 15.9. The molecule has 0 saturated heterocycles. The third-order valence-electron chi connectivity index (χ3n) is 3.31. The second-order valence-corrected chi connectivity index (χ2v) is 6.07. The van der Waals surface area contributed by atoms with E-state index in [4.69, 9.17) is 0 Å². The molecule has 22 heavy (non-hydrogen) atoms. The molecule has 0 unspecified atom stereocenters. The van der Waals surface area contributed by atoms with Gasteiger partial charge in [-0.1, -0.05) is 18.2 Å². The van der Waals surface area contributed by atoms with Gasteiger partial charge in [-0.25, -0.2) is 0 Å². The van der Waals surface area contributed by atoms with E-state index in [0.29, 0.717) is 6.42 Å². The van der Waals surface area contributed by atoms with Crippen molar-refractivity contribution in [3.8, 4) is 0 Å². The Morgan fingerprint density at radius 3 is 2.41 bits per heavy atom. The maximum absolute atomic E-state index is 11.9. The number of hydrogen-bond donors (Lipinski definition) is 1. The smallest absolute Gasteiger partial charge is 0.229 e. The minimum atomic E-state index is 0.0179. The van der Waals surface area contributed by atoms with Gasteiger partial charge in [-0.2, -0.15) is 0 Å². The van der Waals surface area contributed by atoms with Crippen LogP contribution in [0.1, 0.15) is 16.0 Å². The molecule has 1 aromatic carbocycles. The van der Waals surface area contributed by atoms with Gasteiger partial charge in [-0.15, -0.1) is 11.3 Å². The highest BCUT2D eigenvalue weighted by Gasteiger charge is 2.05. The van der Waals surface area contributed by atoms with Crippen LogP contribution in [0.4, 0.5) is 5.69 Å². The summed E-state index contributed by atoms with van der Waals surface area (Å²) in [5, 5.41) is 4.91. The van der Waals surface area contributed by atoms with Crippen molar-refractivity contribution in [1.82, 2.24) is 4.98 Å². The van der Waals surface area contributed by atoms with Crippen LogP contribution in [0.25, 0.3) is 0 Å². The number of pyridine rings is 1. The number of nitrogens with zero attached hydrogens (tertiary/aromatic N) is 1. The first-order valence-electron chi connectivity index (χ1n) is 7.10. The number of aromatic nitrogens is 1. The van der Waals surface area contributed by atoms with Gasteiger partial charge in [0.1, 0.15) is 0 Å². The summed E-state index contributed by atoms with van der Waals surface area (Å²) in [6.45, 7) is 0. The van der Waals surface area contributed by atoms with E-state index in [1.807, 2.05) is 53.9 Å². The Morgan fingerprint density at radius 2 is 1.73 bits per heavy atom. The van der Waals surface area contributed by atoms with Gasteiger partial charge in [0.2, 0.25) is 5.91 Å². The summed E-state index contributed by atoms with van der Waals surface area (Å²) in [6.07, 6.45) is 4.89. The van der Waals surface area contributed by atoms with Crippen LogP contribution in [-0.2, 0) is 17.6 Å². The molecule has 0 spiro atoms. The van der Waals surface area contributed by atoms with Crippen LogP contribution in [0.2, 0.25) is 0 Å². The summed E-state index contributed by atoms with van der Waals surface area (Å²) >= 11 is 1.60. The Kier molecular flexibility index (Phi) is 4.61. The molecule has 1 amide bonds. The minimum absolute atomic E-state index is 0.0179. The van der Waals surface area contributed by atoms with Gasteiger partial charge in [-0.3, -0.25) is 9.78 Å². The number of nitrogens with one attached hydrogen (secondary N) is 1. The summed E-state index contributed by atoms with van der Waals surface area (Å²) in [4.78, 5) is 17.0. The molecule has 0 aliphatic rings. The van der Waals surface area contributed by atoms with Crippen LogP contribution in [0.5, 0.6) is 0 Å². The number of carbonyl (C=O) groups excluding carboxylic acids is 1. The Balaban J connectivity index is 1.58. The number of rotatable bonds is 5. The first-order chi connectivity index (χ1) is 10.8. The molecule has 2 aromatic heterocycles. The van der Waals surface area contributed by atoms with Gasteiger partial charge in [0, 0.05) is 23.0 Å². The highest BCUT2D eigenvalue weighted by atomic mass is 32.1. The molecule has 0 bridgehead atoms. The molecule has 1 N–H and O–H groups in total. The van der Waals surface area contributed by atoms with Gasteiger partial charge >= 0.3 is 0 Å². The van der Waals surface area contributed by atoms with E-state index in [0.717, 1.165) is 17.0 Å². The zero-order valence-corrected chi connectivity index (χ0v) is 12.8. The molecular weight excluding hydrogens is 292 g/mol. The Hall–Kier alpha value is -2.46. The maximum Gasteiger partial charge on any atom is 0.229 e. The van der Waals surface area contributed by atoms with Crippen molar-refractivity contribution in [3.63, 3.8) is 0 Å². The van der Waals surface area contributed by atoms with Crippen molar-refractivity contribution < 1.29 is 4.79 Å². The van der Waals surface area contributed by atoms with Crippen molar-refractivity contribution in [2.75, 3.05) is 5.32 Å². The zero-order chi connectivity index (χ0) is 15.2. The van der Waals surface area contributed by atoms with Crippen LogP contribution in [-0.4, -0.2) is 10.9 Å². The highest BCUT2D eigenvalue weighted by molar-refractivity contribution is 7.10. The Labute approximate surface area is 133 Å². The van der Waals surface area contributed by atoms with E-state index in [2.05, 4.69) is 10.3 Å². The molecule has 2 heterocycles. The normalized spacial score (nSPS) is 10.4. The number of thiophene rings is 1. The van der Waals surface area contributed by atoms with Crippen molar-refractivity contribution >= 4 is 22.9 Å². The molecule has 3 nitrogen and oxygen atoms in total. The van der Waals surface area contributed by atoms with Crippen molar-refractivity contribution in [2.24, 2.45) is 0 Å². The highest BCUT2D eigenvalue weighted by Crippen LogP contribution is 2.15. The van der Waals surface area contributed by atoms with E-state index >= 15 is 0 Å². The molecule has 0 aliphatic carbocycles. The van der Waals surface area contributed by atoms with Crippen LogP contribution < -0.4 is 5.32 Å². The van der Waals surface area contributed by atoms with Gasteiger partial charge < -0.3 is 5.32 Å². The number of benzene rings is 1. The minimum Gasteiger partial charge on any atom is -0.326 e. The maximum atomic E-state index is 11.9. The predicted octanol–water partition coefficient (Wildman–Crippen LogP) is 3.92. The van der Waals surface area contributed by atoms with E-state index in [1.165, 1.54) is 11.1 Å². The third-order valence-corrected chi connectivity index (χ3v) is 4.19. The zero-order valence-electron chi connectivity index (χ0n) is 12.0. The average Bonchev–Trinajstić information content (AvgIpc) is 3.03. The molecule has 110 valence electrons. The molecule has 0 fully saturated rings. The van der Waals surface area contributed by atoms with Gasteiger partial charge in [0.15, 0.2) is 0 Å². The lowest BCUT2D eigenvalue weighted by Crippen LogP contribution is -2.13. The molecule has 0 aliphatic heterocycles. The Bertz CT molecular complexity index is 722. The lowest BCUT2D eigenvalue weighted by Gasteiger charge is -2.06. The third kappa shape index (κ3) is 4.02. The van der Waals surface area contributed by atoms with E-state index in [9.17, 15) is 4.79 Å². The number of hydrogen-bond acceptors (Lipinski definition) is 3. The monoisotopic (exact) mass is 308 g/mol. The average molecular weight is 308 g/mol. The van der Waals surface area contributed by atoms with Gasteiger partial charge in [0.25, 0.3) is 0 Å². The summed E-state index contributed by atoms with van der Waals surface area (Å²) in [5.41, 5.74) is 3.27. The van der Waals surface area contributed by atoms with E-state index in [-0.39, 0.29) is 5.91 Å². The van der Waals surface area contributed by atoms with Gasteiger partial charge in [0.05, 0.1) is 6.42 Å². The van der Waals surface area contributed by atoms with E-state index < -0.39 is 0 Å². The molecule has 0 saturated carbocycles. The Morgan fingerprint density at radius 1 is 1.00 bits per heavy atom. The van der Waals surface area contributed by atoms with Crippen LogP contribution >= 0.6 is 11.3 Å². The number of amides is 1. The van der Waals surface area contributed by atoms with Crippen molar-refractivity contribution in [1.29, 1.82) is 0 Å². The molecule has 3 rings (SSSR count).